The molecule has 0 radical (unpaired) electrons. The molecule has 1 amide bonds. The quantitative estimate of drug-likeness (QED) is 0.192. The van der Waals surface area contributed by atoms with Gasteiger partial charge in [-0.3, -0.25) is 9.80 Å². The second-order valence-corrected chi connectivity index (χ2v) is 14.4. The molecule has 1 fully saturated rings. The largest absolute Gasteiger partial charge is 0.444 e. The molecule has 4 heterocycles. The van der Waals surface area contributed by atoms with E-state index in [-0.39, 0.29) is 6.09 Å². The zero-order valence-electron chi connectivity index (χ0n) is 26.9. The van der Waals surface area contributed by atoms with E-state index in [9.17, 15) is 10.1 Å². The molecule has 2 aliphatic rings. The van der Waals surface area contributed by atoms with Crippen LogP contribution >= 0.6 is 11.3 Å². The predicted octanol–water partition coefficient (Wildman–Crippen LogP) is 8.62. The first kappa shape index (κ1) is 30.2. The first-order valence-corrected chi connectivity index (χ1v) is 16.6. The highest BCUT2D eigenvalue weighted by atomic mass is 32.1. The molecule has 9 heteroatoms. The molecular weight excluding hydrogens is 595 g/mol. The van der Waals surface area contributed by atoms with E-state index < -0.39 is 5.60 Å². The summed E-state index contributed by atoms with van der Waals surface area (Å²) in [5.41, 5.74) is 9.65. The third-order valence-corrected chi connectivity index (χ3v) is 9.91. The lowest BCUT2D eigenvalue weighted by molar-refractivity contribution is 0.0241. The highest BCUT2D eigenvalue weighted by Gasteiger charge is 2.31. The Balaban J connectivity index is 1.18. The zero-order chi connectivity index (χ0) is 32.2. The van der Waals surface area contributed by atoms with E-state index >= 15 is 0 Å². The second-order valence-electron chi connectivity index (χ2n) is 13.3. The van der Waals surface area contributed by atoms with Gasteiger partial charge in [-0.25, -0.2) is 14.8 Å². The summed E-state index contributed by atoms with van der Waals surface area (Å²) in [6.45, 7) is 13.8. The number of oxazole rings is 1. The van der Waals surface area contributed by atoms with Gasteiger partial charge in [0.05, 0.1) is 24.3 Å². The third kappa shape index (κ3) is 5.68. The maximum absolute atomic E-state index is 12.6. The van der Waals surface area contributed by atoms with Crippen LogP contribution < -0.4 is 0 Å². The van der Waals surface area contributed by atoms with Gasteiger partial charge in [-0.2, -0.15) is 5.26 Å². The molecule has 5 aromatic rings. The van der Waals surface area contributed by atoms with E-state index in [4.69, 9.17) is 19.1 Å². The molecule has 1 saturated heterocycles. The van der Waals surface area contributed by atoms with Crippen molar-refractivity contribution in [3.05, 3.63) is 81.4 Å². The van der Waals surface area contributed by atoms with E-state index in [2.05, 4.69) is 55.1 Å². The molecular formula is C37H37N5O3S. The van der Waals surface area contributed by atoms with Gasteiger partial charge in [-0.05, 0) is 107 Å². The van der Waals surface area contributed by atoms with Crippen molar-refractivity contribution >= 4 is 28.5 Å². The Labute approximate surface area is 273 Å². The van der Waals surface area contributed by atoms with Crippen LogP contribution in [0.15, 0.2) is 52.9 Å². The lowest BCUT2D eigenvalue weighted by Gasteiger charge is -2.24. The van der Waals surface area contributed by atoms with Crippen molar-refractivity contribution in [2.75, 3.05) is 13.1 Å². The molecule has 8 nitrogen and oxygen atoms in total. The van der Waals surface area contributed by atoms with Gasteiger partial charge in [0, 0.05) is 22.5 Å². The predicted molar refractivity (Wildman–Crippen MR) is 180 cm³/mol. The number of nitriles is 1. The standard InChI is InChI=1S/C37H37N5O3S/c1-22-26(10-8-12-28(22)34-39-30-17-24(19-41-14-6-7-15-41)16-25(18-38)33(30)44-34)27-11-9-13-29(23(27)2)35-40-31-20-42(21-32(31)46-35)36(43)45-37(3,4)5/h8-13,16-17H,6-7,14-15,19-21H2,1-5H3. The van der Waals surface area contributed by atoms with Crippen molar-refractivity contribution in [2.24, 2.45) is 0 Å². The molecule has 7 rings (SSSR count). The van der Waals surface area contributed by atoms with Gasteiger partial charge in [0.25, 0.3) is 0 Å². The highest BCUT2D eigenvalue weighted by Crippen LogP contribution is 2.40. The Morgan fingerprint density at radius 3 is 2.33 bits per heavy atom. The number of hydrogen-bond acceptors (Lipinski definition) is 8. The molecule has 2 aliphatic heterocycles. The number of carbonyl (C=O) groups excluding carboxylic acids is 1. The first-order valence-electron chi connectivity index (χ1n) is 15.8. The molecule has 0 spiro atoms. The van der Waals surface area contributed by atoms with Crippen LogP contribution in [-0.2, 0) is 24.4 Å². The number of ether oxygens (including phenoxy) is 1. The number of aromatic nitrogens is 2. The number of nitrogens with zero attached hydrogens (tertiary/aromatic N) is 5. The van der Waals surface area contributed by atoms with Gasteiger partial charge in [-0.1, -0.05) is 30.3 Å². The van der Waals surface area contributed by atoms with Gasteiger partial charge < -0.3 is 9.15 Å². The first-order chi connectivity index (χ1) is 22.1. The van der Waals surface area contributed by atoms with Crippen LogP contribution in [0.2, 0.25) is 0 Å². The van der Waals surface area contributed by atoms with Gasteiger partial charge in [-0.15, -0.1) is 11.3 Å². The Hall–Kier alpha value is -4.52. The number of hydrogen-bond donors (Lipinski definition) is 0. The van der Waals surface area contributed by atoms with Gasteiger partial charge in [0.15, 0.2) is 5.58 Å². The summed E-state index contributed by atoms with van der Waals surface area (Å²) in [7, 11) is 0. The number of carbonyl (C=O) groups is 1. The number of thiazole rings is 1. The number of likely N-dealkylation sites (tertiary alicyclic amines) is 1. The van der Waals surface area contributed by atoms with Crippen LogP contribution in [0.4, 0.5) is 4.79 Å². The van der Waals surface area contributed by atoms with Gasteiger partial charge in [0.2, 0.25) is 5.89 Å². The molecule has 0 aliphatic carbocycles. The van der Waals surface area contributed by atoms with E-state index in [1.807, 2.05) is 39.0 Å². The topological polar surface area (TPSA) is 95.5 Å². The fourth-order valence-corrected chi connectivity index (χ4v) is 7.68. The molecule has 0 bridgehead atoms. The Morgan fingerprint density at radius 1 is 0.978 bits per heavy atom. The molecule has 46 heavy (non-hydrogen) atoms. The van der Waals surface area contributed by atoms with E-state index in [0.29, 0.717) is 35.6 Å². The summed E-state index contributed by atoms with van der Waals surface area (Å²) in [5, 5.41) is 10.9. The minimum Gasteiger partial charge on any atom is -0.444 e. The summed E-state index contributed by atoms with van der Waals surface area (Å²) in [5.74, 6) is 0.517. The number of benzene rings is 3. The van der Waals surface area contributed by atoms with E-state index in [1.165, 1.54) is 12.8 Å². The van der Waals surface area contributed by atoms with Crippen LogP contribution in [0.25, 0.3) is 44.3 Å². The smallest absolute Gasteiger partial charge is 0.410 e. The third-order valence-electron chi connectivity index (χ3n) is 8.80. The average molecular weight is 632 g/mol. The monoisotopic (exact) mass is 631 g/mol. The van der Waals surface area contributed by atoms with Crippen molar-refractivity contribution in [3.63, 3.8) is 0 Å². The average Bonchev–Trinajstić information content (AvgIpc) is 3.81. The molecule has 3 aromatic carbocycles. The lowest BCUT2D eigenvalue weighted by atomic mass is 9.91. The Kier molecular flexibility index (Phi) is 7.66. The van der Waals surface area contributed by atoms with Crippen LogP contribution in [0.5, 0.6) is 0 Å². The van der Waals surface area contributed by atoms with Crippen molar-refractivity contribution < 1.29 is 13.9 Å². The van der Waals surface area contributed by atoms with Crippen molar-refractivity contribution in [1.29, 1.82) is 5.26 Å². The van der Waals surface area contributed by atoms with Crippen molar-refractivity contribution in [3.8, 4) is 39.2 Å². The van der Waals surface area contributed by atoms with Gasteiger partial charge >= 0.3 is 6.09 Å². The second kappa shape index (κ2) is 11.7. The molecule has 0 unspecified atom stereocenters. The van der Waals surface area contributed by atoms with Crippen LogP contribution in [0.1, 0.15) is 66.4 Å². The summed E-state index contributed by atoms with van der Waals surface area (Å²) < 4.78 is 11.9. The number of amides is 1. The molecule has 2 aromatic heterocycles. The molecule has 0 atom stereocenters. The summed E-state index contributed by atoms with van der Waals surface area (Å²) in [6, 6.07) is 18.8. The Morgan fingerprint density at radius 2 is 1.65 bits per heavy atom. The maximum atomic E-state index is 12.6. The fourth-order valence-electron chi connectivity index (χ4n) is 6.51. The van der Waals surface area contributed by atoms with E-state index in [0.717, 1.165) is 74.2 Å². The minimum atomic E-state index is -0.532. The van der Waals surface area contributed by atoms with Crippen LogP contribution in [-0.4, -0.2) is 44.6 Å². The SMILES string of the molecule is Cc1c(-c2nc3cc(CN4CCCC4)cc(C#N)c3o2)cccc1-c1cccc(-c2nc3c(s2)CN(C(=O)OC(C)(C)C)C3)c1C. The van der Waals surface area contributed by atoms with Crippen molar-refractivity contribution in [1.82, 2.24) is 19.8 Å². The normalized spacial score (nSPS) is 15.0. The lowest BCUT2D eigenvalue weighted by Crippen LogP contribution is -2.33. The van der Waals surface area contributed by atoms with Crippen molar-refractivity contribution in [2.45, 2.75) is 72.7 Å². The summed E-state index contributed by atoms with van der Waals surface area (Å²) in [4.78, 5) is 27.7. The number of fused-ring (bicyclic) bond motifs is 2. The van der Waals surface area contributed by atoms with Crippen LogP contribution in [0, 0.1) is 25.2 Å². The van der Waals surface area contributed by atoms with E-state index in [1.54, 1.807) is 16.2 Å². The van der Waals surface area contributed by atoms with Gasteiger partial charge in [0.1, 0.15) is 22.2 Å². The summed E-state index contributed by atoms with van der Waals surface area (Å²) >= 11 is 1.64. The zero-order valence-corrected chi connectivity index (χ0v) is 27.8. The molecule has 0 N–H and O–H groups in total. The molecule has 0 saturated carbocycles. The highest BCUT2D eigenvalue weighted by molar-refractivity contribution is 7.15. The molecule has 234 valence electrons. The number of rotatable bonds is 5. The fraction of sp³-hybridized carbons (Fsp3) is 0.351. The Bertz CT molecular complexity index is 2000. The van der Waals surface area contributed by atoms with Crippen LogP contribution in [0.3, 0.4) is 0 Å². The minimum absolute atomic E-state index is 0.307. The maximum Gasteiger partial charge on any atom is 0.410 e. The summed E-state index contributed by atoms with van der Waals surface area (Å²) in [6.07, 6.45) is 2.14.